The number of nitrogens with one attached hydrogen (secondary N) is 2. The number of amides is 1. The standard InChI is InChI=1S/C22H24Cl2F3N5O4/c1-21(2,3)36-20(33)29-6-7-34-17-10-28-12-30-19(17)31-18(23)8-13-11-32(24)16-9-14(4-5-15(13)16)35-22(25,26)27/h4-5,9-12,18H,6-8H2,1-3H3,(H,29,33)(H,28,30,31). The Hall–Kier alpha value is -3.12. The number of anilines is 1. The zero-order valence-corrected chi connectivity index (χ0v) is 21.0. The van der Waals surface area contributed by atoms with Gasteiger partial charge < -0.3 is 24.8 Å². The number of benzene rings is 1. The molecule has 0 aliphatic carbocycles. The molecule has 14 heteroatoms. The summed E-state index contributed by atoms with van der Waals surface area (Å²) in [4.78, 5) is 19.8. The van der Waals surface area contributed by atoms with Crippen LogP contribution in [-0.2, 0) is 11.2 Å². The highest BCUT2D eigenvalue weighted by Gasteiger charge is 2.31. The predicted molar refractivity (Wildman–Crippen MR) is 129 cm³/mol. The topological polar surface area (TPSA) is 99.5 Å². The van der Waals surface area contributed by atoms with Gasteiger partial charge in [0.2, 0.25) is 0 Å². The van der Waals surface area contributed by atoms with Crippen molar-refractivity contribution in [2.45, 2.75) is 44.7 Å². The van der Waals surface area contributed by atoms with Gasteiger partial charge >= 0.3 is 12.5 Å². The Morgan fingerprint density at radius 2 is 2.00 bits per heavy atom. The molecule has 0 fully saturated rings. The van der Waals surface area contributed by atoms with Crippen molar-refractivity contribution in [2.24, 2.45) is 0 Å². The largest absolute Gasteiger partial charge is 0.573 e. The van der Waals surface area contributed by atoms with Crippen LogP contribution >= 0.6 is 23.4 Å². The Balaban J connectivity index is 1.60. The minimum atomic E-state index is -4.81. The Kier molecular flexibility index (Phi) is 8.62. The summed E-state index contributed by atoms with van der Waals surface area (Å²) in [6.45, 7) is 5.58. The second-order valence-electron chi connectivity index (χ2n) is 8.52. The van der Waals surface area contributed by atoms with Gasteiger partial charge in [-0.1, -0.05) is 11.6 Å². The highest BCUT2D eigenvalue weighted by atomic mass is 35.5. The predicted octanol–water partition coefficient (Wildman–Crippen LogP) is 5.45. The number of halogens is 5. The maximum Gasteiger partial charge on any atom is 0.573 e. The summed E-state index contributed by atoms with van der Waals surface area (Å²) in [5, 5.41) is 6.20. The van der Waals surface area contributed by atoms with Gasteiger partial charge in [0.25, 0.3) is 0 Å². The lowest BCUT2D eigenvalue weighted by Gasteiger charge is -2.20. The van der Waals surface area contributed by atoms with Crippen molar-refractivity contribution in [1.29, 1.82) is 0 Å². The fourth-order valence-corrected chi connectivity index (χ4v) is 3.67. The smallest absolute Gasteiger partial charge is 0.486 e. The van der Waals surface area contributed by atoms with Crippen molar-refractivity contribution in [1.82, 2.24) is 19.4 Å². The third-order valence-corrected chi connectivity index (χ3v) is 4.99. The van der Waals surface area contributed by atoms with Crippen LogP contribution in [0.2, 0.25) is 0 Å². The summed E-state index contributed by atoms with van der Waals surface area (Å²) < 4.78 is 53.5. The van der Waals surface area contributed by atoms with Gasteiger partial charge in [-0.15, -0.1) is 13.2 Å². The molecule has 0 saturated carbocycles. The minimum Gasteiger partial charge on any atom is -0.486 e. The van der Waals surface area contributed by atoms with Crippen LogP contribution in [0.15, 0.2) is 36.9 Å². The summed E-state index contributed by atoms with van der Waals surface area (Å²) in [5.74, 6) is 0.242. The van der Waals surface area contributed by atoms with Crippen LogP contribution in [0.5, 0.6) is 11.5 Å². The fraction of sp³-hybridized carbons (Fsp3) is 0.409. The molecule has 3 aromatic rings. The molecule has 2 heterocycles. The number of carbonyl (C=O) groups excluding carboxylic acids is 1. The molecule has 3 rings (SSSR count). The average Bonchev–Trinajstić information content (AvgIpc) is 3.04. The molecule has 0 bridgehead atoms. The quantitative estimate of drug-likeness (QED) is 0.208. The van der Waals surface area contributed by atoms with Crippen LogP contribution in [0, 0.1) is 0 Å². The molecule has 36 heavy (non-hydrogen) atoms. The molecule has 1 amide bonds. The van der Waals surface area contributed by atoms with E-state index in [-0.39, 0.29) is 25.3 Å². The van der Waals surface area contributed by atoms with E-state index in [0.29, 0.717) is 28.0 Å². The Morgan fingerprint density at radius 1 is 1.25 bits per heavy atom. The van der Waals surface area contributed by atoms with Crippen LogP contribution in [-0.4, -0.2) is 50.8 Å². The second kappa shape index (κ2) is 11.3. The first-order chi connectivity index (χ1) is 16.8. The lowest BCUT2D eigenvalue weighted by Crippen LogP contribution is -2.34. The normalized spacial score (nSPS) is 12.8. The first-order valence-electron chi connectivity index (χ1n) is 10.7. The molecule has 2 aromatic heterocycles. The lowest BCUT2D eigenvalue weighted by molar-refractivity contribution is -0.274. The van der Waals surface area contributed by atoms with Crippen molar-refractivity contribution >= 4 is 46.2 Å². The number of ether oxygens (including phenoxy) is 3. The van der Waals surface area contributed by atoms with Gasteiger partial charge in [0.1, 0.15) is 29.8 Å². The molecule has 1 aromatic carbocycles. The van der Waals surface area contributed by atoms with Crippen LogP contribution in [0.4, 0.5) is 23.8 Å². The minimum absolute atomic E-state index is 0.121. The molecule has 0 spiro atoms. The van der Waals surface area contributed by atoms with Crippen molar-refractivity contribution in [2.75, 3.05) is 18.5 Å². The van der Waals surface area contributed by atoms with E-state index < -0.39 is 23.6 Å². The van der Waals surface area contributed by atoms with Gasteiger partial charge in [0.15, 0.2) is 11.6 Å². The summed E-state index contributed by atoms with van der Waals surface area (Å²) >= 11 is 12.6. The number of carbonyl (C=O) groups is 1. The first-order valence-corrected chi connectivity index (χ1v) is 11.4. The second-order valence-corrected chi connectivity index (χ2v) is 9.41. The van der Waals surface area contributed by atoms with Crippen LogP contribution in [0.25, 0.3) is 10.9 Å². The van der Waals surface area contributed by atoms with Crippen LogP contribution in [0.3, 0.4) is 0 Å². The highest BCUT2D eigenvalue weighted by Crippen LogP contribution is 2.31. The lowest BCUT2D eigenvalue weighted by atomic mass is 10.1. The number of alkyl halides is 4. The molecule has 0 radical (unpaired) electrons. The van der Waals surface area contributed by atoms with E-state index in [9.17, 15) is 18.0 Å². The zero-order valence-electron chi connectivity index (χ0n) is 19.5. The van der Waals surface area contributed by atoms with Gasteiger partial charge in [-0.05, 0) is 38.5 Å². The van der Waals surface area contributed by atoms with E-state index in [2.05, 4.69) is 25.3 Å². The average molecular weight is 550 g/mol. The van der Waals surface area contributed by atoms with Crippen molar-refractivity contribution in [3.63, 3.8) is 0 Å². The molecule has 196 valence electrons. The number of hydrogen-bond acceptors (Lipinski definition) is 7. The molecular weight excluding hydrogens is 526 g/mol. The summed E-state index contributed by atoms with van der Waals surface area (Å²) in [5.41, 5.74) is -0.278. The third-order valence-electron chi connectivity index (χ3n) is 4.45. The van der Waals surface area contributed by atoms with Gasteiger partial charge in [0.05, 0.1) is 18.3 Å². The molecule has 0 aliphatic rings. The van der Waals surface area contributed by atoms with Gasteiger partial charge in [0, 0.05) is 35.8 Å². The first kappa shape index (κ1) is 27.5. The number of hydrogen-bond donors (Lipinski definition) is 2. The van der Waals surface area contributed by atoms with Gasteiger partial charge in [-0.25, -0.2) is 14.8 Å². The number of aromatic nitrogens is 3. The van der Waals surface area contributed by atoms with Crippen molar-refractivity contribution in [3.05, 3.63) is 42.5 Å². The number of rotatable bonds is 9. The number of fused-ring (bicyclic) bond motifs is 1. The Morgan fingerprint density at radius 3 is 2.69 bits per heavy atom. The van der Waals surface area contributed by atoms with Crippen LogP contribution < -0.4 is 20.1 Å². The van der Waals surface area contributed by atoms with Gasteiger partial charge in [-0.3, -0.25) is 4.09 Å². The highest BCUT2D eigenvalue weighted by molar-refractivity contribution is 6.22. The zero-order chi connectivity index (χ0) is 26.5. The molecule has 0 saturated heterocycles. The molecule has 1 atom stereocenters. The van der Waals surface area contributed by atoms with E-state index in [4.69, 9.17) is 32.9 Å². The fourth-order valence-electron chi connectivity index (χ4n) is 3.15. The Bertz CT molecular complexity index is 1200. The van der Waals surface area contributed by atoms with Crippen molar-refractivity contribution < 1.29 is 32.2 Å². The van der Waals surface area contributed by atoms with E-state index in [0.717, 1.165) is 0 Å². The number of alkyl carbamates (subject to hydrolysis) is 1. The molecule has 9 nitrogen and oxygen atoms in total. The maximum atomic E-state index is 12.5. The maximum absolute atomic E-state index is 12.5. The van der Waals surface area contributed by atoms with E-state index >= 15 is 0 Å². The molecule has 1 unspecified atom stereocenters. The third kappa shape index (κ3) is 8.23. The molecule has 2 N–H and O–H groups in total. The van der Waals surface area contributed by atoms with Gasteiger partial charge in [-0.2, -0.15) is 0 Å². The SMILES string of the molecule is CC(C)(C)OC(=O)NCCOc1cncnc1NC(Cl)Cc1cn(Cl)c2cc(OC(F)(F)F)ccc12. The van der Waals surface area contributed by atoms with E-state index in [1.54, 1.807) is 27.0 Å². The molecule has 0 aliphatic heterocycles. The van der Waals surface area contributed by atoms with Crippen LogP contribution in [0.1, 0.15) is 26.3 Å². The van der Waals surface area contributed by atoms with Crippen molar-refractivity contribution in [3.8, 4) is 11.5 Å². The monoisotopic (exact) mass is 549 g/mol. The summed E-state index contributed by atoms with van der Waals surface area (Å²) in [6.07, 6.45) is -0.815. The summed E-state index contributed by atoms with van der Waals surface area (Å²) in [7, 11) is 0. The molecular formula is C22H24Cl2F3N5O4. The Labute approximate surface area is 214 Å². The summed E-state index contributed by atoms with van der Waals surface area (Å²) in [6, 6.07) is 3.87. The van der Waals surface area contributed by atoms with E-state index in [1.807, 2.05) is 0 Å². The van der Waals surface area contributed by atoms with E-state index in [1.165, 1.54) is 34.8 Å². The number of nitrogens with zero attached hydrogens (tertiary/aromatic N) is 3.